The van der Waals surface area contributed by atoms with Gasteiger partial charge in [-0.1, -0.05) is 27.2 Å². The van der Waals surface area contributed by atoms with Crippen LogP contribution in [0.3, 0.4) is 0 Å². The molecule has 0 aliphatic rings. The van der Waals surface area contributed by atoms with Gasteiger partial charge in [0.05, 0.1) is 0 Å². The lowest BCUT2D eigenvalue weighted by atomic mass is 10.2. The van der Waals surface area contributed by atoms with E-state index in [0.717, 1.165) is 12.8 Å². The summed E-state index contributed by atoms with van der Waals surface area (Å²) in [6.07, 6.45) is 1.76. The number of hydrogen-bond donors (Lipinski definition) is 2. The monoisotopic (exact) mass is 356 g/mol. The van der Waals surface area contributed by atoms with E-state index < -0.39 is 5.91 Å². The predicted molar refractivity (Wildman–Crippen MR) is 101 cm³/mol. The van der Waals surface area contributed by atoms with Crippen molar-refractivity contribution in [1.29, 1.82) is 0 Å². The molecular weight excluding hydrogens is 332 g/mol. The van der Waals surface area contributed by atoms with Crippen LogP contribution in [-0.2, 0) is 11.3 Å². The van der Waals surface area contributed by atoms with Gasteiger partial charge in [0.25, 0.3) is 11.5 Å². The van der Waals surface area contributed by atoms with E-state index in [9.17, 15) is 14.4 Å². The van der Waals surface area contributed by atoms with Crippen LogP contribution in [0.4, 0.5) is 11.4 Å². The van der Waals surface area contributed by atoms with Crippen molar-refractivity contribution in [2.75, 3.05) is 10.6 Å². The van der Waals surface area contributed by atoms with E-state index in [0.29, 0.717) is 17.9 Å². The van der Waals surface area contributed by atoms with Crippen LogP contribution in [0.5, 0.6) is 0 Å². The number of rotatable bonds is 7. The van der Waals surface area contributed by atoms with Crippen molar-refractivity contribution < 1.29 is 9.59 Å². The summed E-state index contributed by atoms with van der Waals surface area (Å²) in [7, 11) is 0. The number of carbonyl (C=O) groups excluding carboxylic acids is 2. The highest BCUT2D eigenvalue weighted by Gasteiger charge is 2.11. The molecule has 0 saturated heterocycles. The zero-order valence-electron chi connectivity index (χ0n) is 15.3. The van der Waals surface area contributed by atoms with Crippen molar-refractivity contribution in [3.05, 3.63) is 52.4 Å². The Bertz CT molecular complexity index is 825. The summed E-state index contributed by atoms with van der Waals surface area (Å²) in [5.41, 5.74) is 1.19. The molecule has 1 heterocycles. The molecule has 26 heavy (non-hydrogen) atoms. The lowest BCUT2D eigenvalue weighted by Gasteiger charge is -2.10. The summed E-state index contributed by atoms with van der Waals surface area (Å²) < 4.78 is 1.31. The molecule has 1 aromatic heterocycles. The van der Waals surface area contributed by atoms with E-state index in [4.69, 9.17) is 0 Å². The van der Waals surface area contributed by atoms with Gasteiger partial charge in [0.15, 0.2) is 0 Å². The molecule has 0 atom stereocenters. The molecule has 0 aliphatic carbocycles. The molecule has 0 saturated carbocycles. The predicted octanol–water partition coefficient (Wildman–Crippen LogP) is 2.89. The lowest BCUT2D eigenvalue weighted by molar-refractivity contribution is -0.118. The quantitative estimate of drug-likeness (QED) is 0.798. The summed E-state index contributed by atoms with van der Waals surface area (Å²) in [4.78, 5) is 35.8. The first-order valence-corrected chi connectivity index (χ1v) is 8.71. The normalized spacial score (nSPS) is 10.6. The number of aromatic nitrogens is 2. The van der Waals surface area contributed by atoms with Crippen LogP contribution in [0.1, 0.15) is 44.1 Å². The number of anilines is 2. The van der Waals surface area contributed by atoms with Crippen molar-refractivity contribution in [2.24, 2.45) is 5.92 Å². The average molecular weight is 356 g/mol. The Hall–Kier alpha value is -2.96. The van der Waals surface area contributed by atoms with Crippen LogP contribution in [0.2, 0.25) is 0 Å². The molecule has 138 valence electrons. The van der Waals surface area contributed by atoms with E-state index in [1.807, 2.05) is 20.8 Å². The van der Waals surface area contributed by atoms with Gasteiger partial charge in [-0.3, -0.25) is 14.4 Å². The van der Waals surface area contributed by atoms with Gasteiger partial charge in [-0.25, -0.2) is 4.68 Å². The lowest BCUT2D eigenvalue weighted by Crippen LogP contribution is -2.26. The second-order valence-electron chi connectivity index (χ2n) is 6.31. The molecule has 0 fully saturated rings. The smallest absolute Gasteiger partial charge is 0.276 e. The fourth-order valence-corrected chi connectivity index (χ4v) is 2.16. The summed E-state index contributed by atoms with van der Waals surface area (Å²) in [6.45, 7) is 6.14. The van der Waals surface area contributed by atoms with E-state index in [1.54, 1.807) is 24.3 Å². The third-order valence-electron chi connectivity index (χ3n) is 3.76. The van der Waals surface area contributed by atoms with Gasteiger partial charge in [-0.2, -0.15) is 5.10 Å². The third kappa shape index (κ3) is 5.27. The number of carbonyl (C=O) groups is 2. The molecule has 0 radical (unpaired) electrons. The van der Waals surface area contributed by atoms with Crippen molar-refractivity contribution in [2.45, 2.75) is 40.2 Å². The van der Waals surface area contributed by atoms with Gasteiger partial charge in [0, 0.05) is 29.9 Å². The molecule has 7 nitrogen and oxygen atoms in total. The van der Waals surface area contributed by atoms with Crippen LogP contribution in [0, 0.1) is 5.92 Å². The van der Waals surface area contributed by atoms with Crippen molar-refractivity contribution in [1.82, 2.24) is 9.78 Å². The zero-order valence-corrected chi connectivity index (χ0v) is 15.3. The Kier molecular flexibility index (Phi) is 6.66. The zero-order chi connectivity index (χ0) is 19.1. The number of nitrogens with zero attached hydrogens (tertiary/aromatic N) is 2. The minimum absolute atomic E-state index is 0.0691. The SMILES string of the molecule is CCCCn1nc(C(=O)Nc2ccc(NC(=O)C(C)C)cc2)ccc1=O. The highest BCUT2D eigenvalue weighted by atomic mass is 16.2. The third-order valence-corrected chi connectivity index (χ3v) is 3.76. The Balaban J connectivity index is 2.05. The highest BCUT2D eigenvalue weighted by Crippen LogP contribution is 2.15. The second kappa shape index (κ2) is 8.94. The Morgan fingerprint density at radius 3 is 2.23 bits per heavy atom. The molecule has 1 aromatic carbocycles. The summed E-state index contributed by atoms with van der Waals surface area (Å²) in [5, 5.41) is 9.64. The number of aryl methyl sites for hydroxylation is 1. The van der Waals surface area contributed by atoms with Crippen molar-refractivity contribution in [3.8, 4) is 0 Å². The van der Waals surface area contributed by atoms with Gasteiger partial charge in [-0.05, 0) is 36.8 Å². The first kappa shape index (κ1) is 19.4. The van der Waals surface area contributed by atoms with Crippen molar-refractivity contribution >= 4 is 23.2 Å². The van der Waals surface area contributed by atoms with E-state index in [1.165, 1.54) is 16.8 Å². The van der Waals surface area contributed by atoms with Gasteiger partial charge < -0.3 is 10.6 Å². The van der Waals surface area contributed by atoms with Gasteiger partial charge in [0.1, 0.15) is 5.69 Å². The number of hydrogen-bond acceptors (Lipinski definition) is 4. The number of amides is 2. The Labute approximate surface area is 152 Å². The first-order chi connectivity index (χ1) is 12.4. The average Bonchev–Trinajstić information content (AvgIpc) is 2.62. The summed E-state index contributed by atoms with van der Waals surface area (Å²) in [5.74, 6) is -0.571. The van der Waals surface area contributed by atoms with E-state index in [-0.39, 0.29) is 23.1 Å². The molecule has 7 heteroatoms. The maximum atomic E-state index is 12.3. The molecular formula is C19H24N4O3. The van der Waals surface area contributed by atoms with Crippen LogP contribution in [-0.4, -0.2) is 21.6 Å². The standard InChI is InChI=1S/C19H24N4O3/c1-4-5-12-23-17(24)11-10-16(22-23)19(26)21-15-8-6-14(7-9-15)20-18(25)13(2)3/h6-11,13H,4-5,12H2,1-3H3,(H,20,25)(H,21,26). The fourth-order valence-electron chi connectivity index (χ4n) is 2.16. The maximum Gasteiger partial charge on any atom is 0.276 e. The topological polar surface area (TPSA) is 93.1 Å². The molecule has 0 aliphatic heterocycles. The minimum atomic E-state index is -0.394. The Morgan fingerprint density at radius 2 is 1.65 bits per heavy atom. The molecule has 2 N–H and O–H groups in total. The maximum absolute atomic E-state index is 12.3. The molecule has 2 amide bonds. The number of unbranched alkanes of at least 4 members (excludes halogenated alkanes) is 1. The van der Waals surface area contributed by atoms with Gasteiger partial charge in [0.2, 0.25) is 5.91 Å². The largest absolute Gasteiger partial charge is 0.326 e. The van der Waals surface area contributed by atoms with Gasteiger partial charge >= 0.3 is 0 Å². The second-order valence-corrected chi connectivity index (χ2v) is 6.31. The van der Waals surface area contributed by atoms with E-state index >= 15 is 0 Å². The minimum Gasteiger partial charge on any atom is -0.326 e. The fraction of sp³-hybridized carbons (Fsp3) is 0.368. The molecule has 2 aromatic rings. The van der Waals surface area contributed by atoms with Crippen LogP contribution < -0.4 is 16.2 Å². The first-order valence-electron chi connectivity index (χ1n) is 8.71. The summed E-state index contributed by atoms with van der Waals surface area (Å²) in [6, 6.07) is 9.58. The van der Waals surface area contributed by atoms with E-state index in [2.05, 4.69) is 15.7 Å². The molecule has 0 bridgehead atoms. The molecule has 0 unspecified atom stereocenters. The molecule has 0 spiro atoms. The molecule has 2 rings (SSSR count). The van der Waals surface area contributed by atoms with Crippen LogP contribution in [0.15, 0.2) is 41.2 Å². The van der Waals surface area contributed by atoms with Gasteiger partial charge in [-0.15, -0.1) is 0 Å². The van der Waals surface area contributed by atoms with Crippen LogP contribution >= 0.6 is 0 Å². The van der Waals surface area contributed by atoms with Crippen molar-refractivity contribution in [3.63, 3.8) is 0 Å². The number of nitrogens with one attached hydrogen (secondary N) is 2. The summed E-state index contributed by atoms with van der Waals surface area (Å²) >= 11 is 0. The highest BCUT2D eigenvalue weighted by molar-refractivity contribution is 6.02. The van der Waals surface area contributed by atoms with Crippen LogP contribution in [0.25, 0.3) is 0 Å². The Morgan fingerprint density at radius 1 is 1.04 bits per heavy atom. The number of benzene rings is 1.